The second kappa shape index (κ2) is 8.49. The Morgan fingerprint density at radius 1 is 1.09 bits per heavy atom. The van der Waals surface area contributed by atoms with E-state index in [0.717, 1.165) is 88.8 Å². The largest absolute Gasteiger partial charge is 0.494 e. The van der Waals surface area contributed by atoms with E-state index in [4.69, 9.17) is 9.47 Å². The van der Waals surface area contributed by atoms with Gasteiger partial charge in [-0.25, -0.2) is 0 Å². The van der Waals surface area contributed by atoms with Crippen LogP contribution in [-0.2, 0) is 6.42 Å². The average Bonchev–Trinajstić information content (AvgIpc) is 3.49. The minimum atomic E-state index is -0.403. The molecule has 6 rings (SSSR count). The van der Waals surface area contributed by atoms with Crippen molar-refractivity contribution in [2.45, 2.75) is 37.8 Å². The summed E-state index contributed by atoms with van der Waals surface area (Å²) in [5.41, 5.74) is 5.14. The standard InChI is InChI=1S/C26H33N3O3/c30-26-22-17-21(22)19-7-6-18(16-23(19)27-26)31-14-2-1-9-28-10-12-29(13-11-28)24-4-3-5-25-20(24)8-15-32-25/h3-7,16,21-22,26-27,30H,1-2,8-15,17H2/t21-,22-,26?/m1/s1. The molecule has 2 N–H and O–H groups in total. The Labute approximate surface area is 190 Å². The van der Waals surface area contributed by atoms with Gasteiger partial charge in [-0.2, -0.15) is 0 Å². The predicted molar refractivity (Wildman–Crippen MR) is 126 cm³/mol. The van der Waals surface area contributed by atoms with Gasteiger partial charge < -0.3 is 24.8 Å². The van der Waals surface area contributed by atoms with Gasteiger partial charge in [-0.1, -0.05) is 12.1 Å². The first kappa shape index (κ1) is 20.2. The number of nitrogens with one attached hydrogen (secondary N) is 1. The molecular formula is C26H33N3O3. The summed E-state index contributed by atoms with van der Waals surface area (Å²) >= 11 is 0. The summed E-state index contributed by atoms with van der Waals surface area (Å²) in [6.45, 7) is 7.10. The van der Waals surface area contributed by atoms with E-state index < -0.39 is 6.23 Å². The zero-order valence-corrected chi connectivity index (χ0v) is 18.6. The molecule has 2 fully saturated rings. The Morgan fingerprint density at radius 2 is 2.00 bits per heavy atom. The zero-order chi connectivity index (χ0) is 21.5. The van der Waals surface area contributed by atoms with E-state index in [9.17, 15) is 5.11 Å². The SMILES string of the molecule is OC1Nc2cc(OCCCCN3CCN(c4cccc5c4CCO5)CC3)ccc2[C@H]2C[C@@H]12. The highest BCUT2D eigenvalue weighted by Crippen LogP contribution is 2.55. The molecule has 170 valence electrons. The van der Waals surface area contributed by atoms with Crippen LogP contribution in [0.5, 0.6) is 11.5 Å². The number of piperazine rings is 1. The molecular weight excluding hydrogens is 402 g/mol. The van der Waals surface area contributed by atoms with E-state index >= 15 is 0 Å². The molecule has 32 heavy (non-hydrogen) atoms. The number of rotatable bonds is 7. The van der Waals surface area contributed by atoms with Gasteiger partial charge in [0.2, 0.25) is 0 Å². The third-order valence-electron chi connectivity index (χ3n) is 7.54. The van der Waals surface area contributed by atoms with E-state index in [0.29, 0.717) is 11.8 Å². The topological polar surface area (TPSA) is 57.2 Å². The summed E-state index contributed by atoms with van der Waals surface area (Å²) in [7, 11) is 0. The first-order chi connectivity index (χ1) is 15.8. The molecule has 3 aliphatic heterocycles. The van der Waals surface area contributed by atoms with Crippen molar-refractivity contribution in [1.82, 2.24) is 4.90 Å². The molecule has 0 amide bonds. The average molecular weight is 436 g/mol. The van der Waals surface area contributed by atoms with Crippen LogP contribution in [0.1, 0.15) is 36.3 Å². The van der Waals surface area contributed by atoms with Gasteiger partial charge in [-0.15, -0.1) is 0 Å². The van der Waals surface area contributed by atoms with Crippen LogP contribution < -0.4 is 19.7 Å². The van der Waals surface area contributed by atoms with Gasteiger partial charge in [0.05, 0.1) is 13.2 Å². The molecule has 1 saturated carbocycles. The Morgan fingerprint density at radius 3 is 2.91 bits per heavy atom. The van der Waals surface area contributed by atoms with Gasteiger partial charge in [-0.05, 0) is 55.5 Å². The number of aliphatic hydroxyl groups excluding tert-OH is 1. The lowest BCUT2D eigenvalue weighted by molar-refractivity contribution is 0.174. The third kappa shape index (κ3) is 3.90. The Balaban J connectivity index is 0.924. The number of fused-ring (bicyclic) bond motifs is 4. The molecule has 6 nitrogen and oxygen atoms in total. The van der Waals surface area contributed by atoms with E-state index in [2.05, 4.69) is 51.5 Å². The summed E-state index contributed by atoms with van der Waals surface area (Å²) in [6.07, 6.45) is 3.94. The van der Waals surface area contributed by atoms with Crippen molar-refractivity contribution in [3.8, 4) is 11.5 Å². The highest BCUT2D eigenvalue weighted by molar-refractivity contribution is 5.62. The lowest BCUT2D eigenvalue weighted by atomic mass is 10.0. The van der Waals surface area contributed by atoms with Crippen molar-refractivity contribution in [1.29, 1.82) is 0 Å². The molecule has 1 saturated heterocycles. The summed E-state index contributed by atoms with van der Waals surface area (Å²) < 4.78 is 11.7. The van der Waals surface area contributed by atoms with E-state index in [1.165, 1.54) is 16.8 Å². The van der Waals surface area contributed by atoms with Crippen LogP contribution in [0.3, 0.4) is 0 Å². The van der Waals surface area contributed by atoms with Crippen molar-refractivity contribution in [3.05, 3.63) is 47.5 Å². The quantitative estimate of drug-likeness (QED) is 0.650. The van der Waals surface area contributed by atoms with Crippen LogP contribution >= 0.6 is 0 Å². The molecule has 4 aliphatic rings. The van der Waals surface area contributed by atoms with Gasteiger partial charge in [0.25, 0.3) is 0 Å². The second-order valence-corrected chi connectivity index (χ2v) is 9.58. The molecule has 3 heterocycles. The van der Waals surface area contributed by atoms with Crippen molar-refractivity contribution < 1.29 is 14.6 Å². The number of unbranched alkanes of at least 4 members (excludes halogenated alkanes) is 1. The molecule has 1 aliphatic carbocycles. The normalized spacial score (nSPS) is 25.9. The van der Waals surface area contributed by atoms with Crippen LogP contribution in [0.4, 0.5) is 11.4 Å². The minimum absolute atomic E-state index is 0.402. The number of hydrogen-bond donors (Lipinski definition) is 2. The van der Waals surface area contributed by atoms with Gasteiger partial charge >= 0.3 is 0 Å². The Bertz CT molecular complexity index is 973. The molecule has 3 atom stereocenters. The summed E-state index contributed by atoms with van der Waals surface area (Å²) in [4.78, 5) is 5.10. The van der Waals surface area contributed by atoms with E-state index in [1.54, 1.807) is 0 Å². The van der Waals surface area contributed by atoms with Gasteiger partial charge in [-0.3, -0.25) is 4.90 Å². The molecule has 2 aromatic carbocycles. The van der Waals surface area contributed by atoms with Crippen LogP contribution in [0.2, 0.25) is 0 Å². The van der Waals surface area contributed by atoms with Crippen LogP contribution in [-0.4, -0.2) is 62.2 Å². The number of aliphatic hydroxyl groups is 1. The first-order valence-corrected chi connectivity index (χ1v) is 12.2. The van der Waals surface area contributed by atoms with Crippen molar-refractivity contribution >= 4 is 11.4 Å². The monoisotopic (exact) mass is 435 g/mol. The number of anilines is 2. The molecule has 0 radical (unpaired) electrons. The number of ether oxygens (including phenoxy) is 2. The predicted octanol–water partition coefficient (Wildman–Crippen LogP) is 3.45. The molecule has 2 aromatic rings. The van der Waals surface area contributed by atoms with Gasteiger partial charge in [0, 0.05) is 61.5 Å². The van der Waals surface area contributed by atoms with Gasteiger partial charge in [0.1, 0.15) is 17.7 Å². The van der Waals surface area contributed by atoms with Crippen LogP contribution in [0.15, 0.2) is 36.4 Å². The van der Waals surface area contributed by atoms with E-state index in [1.807, 2.05) is 0 Å². The van der Waals surface area contributed by atoms with Crippen LogP contribution in [0.25, 0.3) is 0 Å². The smallest absolute Gasteiger partial charge is 0.127 e. The van der Waals surface area contributed by atoms with Crippen LogP contribution in [0, 0.1) is 5.92 Å². The summed E-state index contributed by atoms with van der Waals surface area (Å²) in [5, 5.41) is 13.3. The lowest BCUT2D eigenvalue weighted by Crippen LogP contribution is -2.46. The van der Waals surface area contributed by atoms with Crippen molar-refractivity contribution in [2.24, 2.45) is 5.92 Å². The fraction of sp³-hybridized carbons (Fsp3) is 0.538. The highest BCUT2D eigenvalue weighted by Gasteiger charge is 2.47. The molecule has 0 spiro atoms. The lowest BCUT2D eigenvalue weighted by Gasteiger charge is -2.36. The number of benzene rings is 2. The Hall–Kier alpha value is -2.44. The maximum atomic E-state index is 10.1. The Kier molecular flexibility index (Phi) is 5.35. The minimum Gasteiger partial charge on any atom is -0.494 e. The second-order valence-electron chi connectivity index (χ2n) is 9.58. The summed E-state index contributed by atoms with van der Waals surface area (Å²) in [6, 6.07) is 12.8. The van der Waals surface area contributed by atoms with Crippen molar-refractivity contribution in [2.75, 3.05) is 56.2 Å². The molecule has 0 aromatic heterocycles. The molecule has 0 bridgehead atoms. The number of nitrogens with zero attached hydrogens (tertiary/aromatic N) is 2. The van der Waals surface area contributed by atoms with Gasteiger partial charge in [0.15, 0.2) is 0 Å². The maximum absolute atomic E-state index is 10.1. The number of hydrogen-bond acceptors (Lipinski definition) is 6. The molecule has 1 unspecified atom stereocenters. The highest BCUT2D eigenvalue weighted by atomic mass is 16.5. The fourth-order valence-corrected chi connectivity index (χ4v) is 5.60. The maximum Gasteiger partial charge on any atom is 0.127 e. The summed E-state index contributed by atoms with van der Waals surface area (Å²) in [5.74, 6) is 2.91. The molecule has 6 heteroatoms. The van der Waals surface area contributed by atoms with Crippen molar-refractivity contribution in [3.63, 3.8) is 0 Å². The first-order valence-electron chi connectivity index (χ1n) is 12.2. The zero-order valence-electron chi connectivity index (χ0n) is 18.6. The fourth-order valence-electron chi connectivity index (χ4n) is 5.60. The third-order valence-corrected chi connectivity index (χ3v) is 7.54. The van der Waals surface area contributed by atoms with E-state index in [-0.39, 0.29) is 0 Å².